The van der Waals surface area contributed by atoms with E-state index in [-0.39, 0.29) is 13.1 Å². The van der Waals surface area contributed by atoms with E-state index in [1.165, 1.54) is 0 Å². The van der Waals surface area contributed by atoms with Crippen molar-refractivity contribution in [2.75, 3.05) is 18.4 Å². The third-order valence-corrected chi connectivity index (χ3v) is 6.28. The second-order valence-corrected chi connectivity index (χ2v) is 8.90. The zero-order valence-electron chi connectivity index (χ0n) is 17.2. The van der Waals surface area contributed by atoms with Gasteiger partial charge in [0.1, 0.15) is 5.82 Å². The Labute approximate surface area is 188 Å². The normalized spacial score (nSPS) is 12.1. The predicted octanol–water partition coefficient (Wildman–Crippen LogP) is 4.71. The Morgan fingerprint density at radius 2 is 1.55 bits per heavy atom. The molecule has 1 aromatic heterocycles. The summed E-state index contributed by atoms with van der Waals surface area (Å²) in [6.45, 7) is 0.102. The lowest BCUT2D eigenvalue weighted by molar-refractivity contribution is -0.137. The van der Waals surface area contributed by atoms with Crippen molar-refractivity contribution >= 4 is 26.7 Å². The summed E-state index contributed by atoms with van der Waals surface area (Å²) in [6, 6.07) is 20.4. The average molecular weight is 472 g/mol. The summed E-state index contributed by atoms with van der Waals surface area (Å²) in [5.74, 6) is 1.04. The molecule has 0 fully saturated rings. The van der Waals surface area contributed by atoms with Crippen molar-refractivity contribution in [1.29, 1.82) is 0 Å². The predicted molar refractivity (Wildman–Crippen MR) is 120 cm³/mol. The number of fused-ring (bicyclic) bond motifs is 1. The number of hydrogen-bond donors (Lipinski definition) is 2. The van der Waals surface area contributed by atoms with Gasteiger partial charge in [-0.25, -0.2) is 23.1 Å². The molecule has 2 N–H and O–H groups in total. The zero-order chi connectivity index (χ0) is 23.5. The first-order chi connectivity index (χ1) is 15.7. The van der Waals surface area contributed by atoms with Crippen LogP contribution in [-0.4, -0.2) is 31.5 Å². The van der Waals surface area contributed by atoms with Gasteiger partial charge < -0.3 is 5.32 Å². The Balaban J connectivity index is 1.49. The van der Waals surface area contributed by atoms with E-state index < -0.39 is 26.7 Å². The molecule has 0 unspecified atom stereocenters. The number of sulfonamides is 1. The Morgan fingerprint density at radius 3 is 2.30 bits per heavy atom. The lowest BCUT2D eigenvalue weighted by atomic mass is 10.2. The summed E-state index contributed by atoms with van der Waals surface area (Å²) < 4.78 is 65.9. The molecule has 4 rings (SSSR count). The molecule has 170 valence electrons. The number of hydrogen-bond acceptors (Lipinski definition) is 5. The van der Waals surface area contributed by atoms with Crippen LogP contribution in [0.3, 0.4) is 0 Å². The standard InChI is InChI=1S/C23H19F3N4O2S/c24-23(25,26)17-9-6-10-18(15-17)33(31,32)28-14-13-27-22-19-11-4-5-12-20(19)29-21(30-22)16-7-2-1-3-8-16/h1-12,15,28H,13-14H2,(H,27,29,30). The molecule has 1 heterocycles. The van der Waals surface area contributed by atoms with Crippen molar-refractivity contribution in [3.8, 4) is 11.4 Å². The van der Waals surface area contributed by atoms with Crippen LogP contribution in [0.15, 0.2) is 83.8 Å². The first kappa shape index (κ1) is 22.7. The second-order valence-electron chi connectivity index (χ2n) is 7.13. The van der Waals surface area contributed by atoms with E-state index in [0.717, 1.165) is 34.7 Å². The van der Waals surface area contributed by atoms with E-state index in [0.29, 0.717) is 17.7 Å². The topological polar surface area (TPSA) is 84.0 Å². The number of benzene rings is 3. The van der Waals surface area contributed by atoms with E-state index >= 15 is 0 Å². The van der Waals surface area contributed by atoms with Gasteiger partial charge in [0.25, 0.3) is 0 Å². The average Bonchev–Trinajstić information content (AvgIpc) is 2.81. The van der Waals surface area contributed by atoms with Crippen LogP contribution in [0.5, 0.6) is 0 Å². The number of anilines is 1. The minimum absolute atomic E-state index is 0.0580. The van der Waals surface area contributed by atoms with Gasteiger partial charge in [-0.1, -0.05) is 48.5 Å². The van der Waals surface area contributed by atoms with Crippen LogP contribution in [0.2, 0.25) is 0 Å². The van der Waals surface area contributed by atoms with E-state index in [9.17, 15) is 21.6 Å². The molecule has 0 amide bonds. The maximum absolute atomic E-state index is 12.9. The van der Waals surface area contributed by atoms with E-state index in [4.69, 9.17) is 0 Å². The smallest absolute Gasteiger partial charge is 0.368 e. The van der Waals surface area contributed by atoms with Gasteiger partial charge >= 0.3 is 6.18 Å². The number of rotatable bonds is 7. The van der Waals surface area contributed by atoms with E-state index in [1.807, 2.05) is 54.6 Å². The first-order valence-electron chi connectivity index (χ1n) is 9.97. The van der Waals surface area contributed by atoms with Crippen molar-refractivity contribution in [1.82, 2.24) is 14.7 Å². The third kappa shape index (κ3) is 5.29. The van der Waals surface area contributed by atoms with Crippen LogP contribution >= 0.6 is 0 Å². The minimum Gasteiger partial charge on any atom is -0.368 e. The lowest BCUT2D eigenvalue weighted by Gasteiger charge is -2.12. The van der Waals surface area contributed by atoms with Crippen LogP contribution in [0.1, 0.15) is 5.56 Å². The molecular weight excluding hydrogens is 453 g/mol. The van der Waals surface area contributed by atoms with Crippen LogP contribution < -0.4 is 10.0 Å². The maximum Gasteiger partial charge on any atom is 0.416 e. The highest BCUT2D eigenvalue weighted by Gasteiger charge is 2.31. The molecule has 0 bridgehead atoms. The maximum atomic E-state index is 12.9. The van der Waals surface area contributed by atoms with Gasteiger partial charge in [-0.05, 0) is 30.3 Å². The quantitative estimate of drug-likeness (QED) is 0.381. The highest BCUT2D eigenvalue weighted by Crippen LogP contribution is 2.30. The fourth-order valence-electron chi connectivity index (χ4n) is 3.22. The van der Waals surface area contributed by atoms with Gasteiger partial charge in [-0.2, -0.15) is 13.2 Å². The summed E-state index contributed by atoms with van der Waals surface area (Å²) in [7, 11) is -4.11. The fraction of sp³-hybridized carbons (Fsp3) is 0.130. The Bertz CT molecular complexity index is 1380. The van der Waals surface area contributed by atoms with Crippen LogP contribution in [-0.2, 0) is 16.2 Å². The summed E-state index contributed by atoms with van der Waals surface area (Å²) in [6.07, 6.45) is -4.63. The monoisotopic (exact) mass is 472 g/mol. The van der Waals surface area contributed by atoms with Gasteiger partial charge in [0.05, 0.1) is 16.0 Å². The number of halogens is 3. The largest absolute Gasteiger partial charge is 0.416 e. The van der Waals surface area contributed by atoms with Gasteiger partial charge in [0.15, 0.2) is 5.82 Å². The van der Waals surface area contributed by atoms with Gasteiger partial charge in [0.2, 0.25) is 10.0 Å². The highest BCUT2D eigenvalue weighted by atomic mass is 32.2. The first-order valence-corrected chi connectivity index (χ1v) is 11.5. The number of nitrogens with one attached hydrogen (secondary N) is 2. The van der Waals surface area contributed by atoms with Gasteiger partial charge in [-0.15, -0.1) is 0 Å². The van der Waals surface area contributed by atoms with Crippen LogP contribution in [0, 0.1) is 0 Å². The number of alkyl halides is 3. The fourth-order valence-corrected chi connectivity index (χ4v) is 4.29. The SMILES string of the molecule is O=S(=O)(NCCNc1nc(-c2ccccc2)nc2ccccc12)c1cccc(C(F)(F)F)c1. The van der Waals surface area contributed by atoms with Gasteiger partial charge in [-0.3, -0.25) is 0 Å². The van der Waals surface area contributed by atoms with Crippen LogP contribution in [0.25, 0.3) is 22.3 Å². The Hall–Kier alpha value is -3.50. The van der Waals surface area contributed by atoms with E-state index in [2.05, 4.69) is 20.0 Å². The van der Waals surface area contributed by atoms with Crippen molar-refractivity contribution in [2.45, 2.75) is 11.1 Å². The Kier molecular flexibility index (Phi) is 6.30. The number of para-hydroxylation sites is 1. The minimum atomic E-state index is -4.63. The highest BCUT2D eigenvalue weighted by molar-refractivity contribution is 7.89. The Morgan fingerprint density at radius 1 is 0.818 bits per heavy atom. The van der Waals surface area contributed by atoms with E-state index in [1.54, 1.807) is 0 Å². The molecule has 10 heteroatoms. The zero-order valence-corrected chi connectivity index (χ0v) is 18.0. The molecule has 0 spiro atoms. The molecule has 0 saturated carbocycles. The molecule has 3 aromatic carbocycles. The molecule has 6 nitrogen and oxygen atoms in total. The van der Waals surface area contributed by atoms with Crippen molar-refractivity contribution in [2.24, 2.45) is 0 Å². The molecule has 33 heavy (non-hydrogen) atoms. The molecular formula is C23H19F3N4O2S. The van der Waals surface area contributed by atoms with Crippen molar-refractivity contribution < 1.29 is 21.6 Å². The molecule has 4 aromatic rings. The summed E-state index contributed by atoms with van der Waals surface area (Å²) in [5.41, 5.74) is 0.527. The number of nitrogens with zero attached hydrogens (tertiary/aromatic N) is 2. The summed E-state index contributed by atoms with van der Waals surface area (Å²) in [4.78, 5) is 8.72. The van der Waals surface area contributed by atoms with Crippen LogP contribution in [0.4, 0.5) is 19.0 Å². The van der Waals surface area contributed by atoms with Crippen molar-refractivity contribution in [3.05, 3.63) is 84.4 Å². The molecule has 0 aliphatic rings. The van der Waals surface area contributed by atoms with Crippen molar-refractivity contribution in [3.63, 3.8) is 0 Å². The molecule has 0 radical (unpaired) electrons. The van der Waals surface area contributed by atoms with Gasteiger partial charge in [0, 0.05) is 24.0 Å². The summed E-state index contributed by atoms with van der Waals surface area (Å²) in [5, 5.41) is 3.86. The number of aromatic nitrogens is 2. The molecule has 0 atom stereocenters. The summed E-state index contributed by atoms with van der Waals surface area (Å²) >= 11 is 0. The molecule has 0 aliphatic heterocycles. The lowest BCUT2D eigenvalue weighted by Crippen LogP contribution is -2.29. The molecule has 0 aliphatic carbocycles. The second kappa shape index (κ2) is 9.16. The third-order valence-electron chi connectivity index (χ3n) is 4.82. The molecule has 0 saturated heterocycles.